The molecule has 0 radical (unpaired) electrons. The molecule has 1 N–H and O–H groups in total. The van der Waals surface area contributed by atoms with Crippen LogP contribution in [0.15, 0.2) is 23.0 Å². The zero-order chi connectivity index (χ0) is 15.5. The minimum Gasteiger partial charge on any atom is -0.485 e. The number of nitrogens with zero attached hydrogens (tertiary/aromatic N) is 2. The maximum atomic E-state index is 5.81. The fraction of sp³-hybridized carbons (Fsp3) is 0.500. The molecule has 0 saturated carbocycles. The SMILES string of the molecule is Cc1cc(CNC(C)(C)C)cc(C)c1OCc1ncon1. The highest BCUT2D eigenvalue weighted by Crippen LogP contribution is 2.25. The van der Waals surface area contributed by atoms with Crippen molar-refractivity contribution in [1.29, 1.82) is 0 Å². The quantitative estimate of drug-likeness (QED) is 0.916. The first kappa shape index (κ1) is 15.5. The van der Waals surface area contributed by atoms with E-state index in [1.807, 2.05) is 0 Å². The van der Waals surface area contributed by atoms with E-state index in [-0.39, 0.29) is 5.54 Å². The van der Waals surface area contributed by atoms with Crippen LogP contribution < -0.4 is 10.1 Å². The second-order valence-electron chi connectivity index (χ2n) is 6.30. The average molecular weight is 289 g/mol. The summed E-state index contributed by atoms with van der Waals surface area (Å²) in [5, 5.41) is 7.24. The van der Waals surface area contributed by atoms with Gasteiger partial charge in [0.15, 0.2) is 6.61 Å². The largest absolute Gasteiger partial charge is 0.485 e. The number of aryl methyl sites for hydroxylation is 2. The second-order valence-corrected chi connectivity index (χ2v) is 6.30. The minimum atomic E-state index is 0.107. The third-order valence-electron chi connectivity index (χ3n) is 3.10. The Hall–Kier alpha value is -1.88. The van der Waals surface area contributed by atoms with E-state index in [0.717, 1.165) is 23.4 Å². The lowest BCUT2D eigenvalue weighted by molar-refractivity contribution is 0.283. The summed E-state index contributed by atoms with van der Waals surface area (Å²) in [5.41, 5.74) is 3.59. The van der Waals surface area contributed by atoms with Crippen LogP contribution in [0.1, 0.15) is 43.3 Å². The first-order chi connectivity index (χ1) is 9.85. The van der Waals surface area contributed by atoms with Crippen LogP contribution in [0.25, 0.3) is 0 Å². The van der Waals surface area contributed by atoms with Gasteiger partial charge in [0.05, 0.1) is 0 Å². The van der Waals surface area contributed by atoms with Crippen LogP contribution in [-0.4, -0.2) is 15.7 Å². The molecule has 0 aliphatic carbocycles. The number of hydrogen-bond acceptors (Lipinski definition) is 5. The van der Waals surface area contributed by atoms with Gasteiger partial charge in [0, 0.05) is 12.1 Å². The zero-order valence-corrected chi connectivity index (χ0v) is 13.4. The van der Waals surface area contributed by atoms with Crippen LogP contribution in [0, 0.1) is 13.8 Å². The number of aromatic nitrogens is 2. The van der Waals surface area contributed by atoms with Gasteiger partial charge in [0.25, 0.3) is 0 Å². The van der Waals surface area contributed by atoms with Crippen molar-refractivity contribution in [2.24, 2.45) is 0 Å². The molecule has 5 heteroatoms. The molecule has 0 amide bonds. The lowest BCUT2D eigenvalue weighted by Gasteiger charge is -2.21. The summed E-state index contributed by atoms with van der Waals surface area (Å²) in [5.74, 6) is 1.44. The van der Waals surface area contributed by atoms with Crippen LogP contribution in [0.4, 0.5) is 0 Å². The standard InChI is InChI=1S/C16H23N3O2/c1-11-6-13(8-18-16(3,4)5)7-12(2)15(11)20-9-14-17-10-21-19-14/h6-7,10,18H,8-9H2,1-5H3. The Morgan fingerprint density at radius 2 is 1.86 bits per heavy atom. The van der Waals surface area contributed by atoms with Gasteiger partial charge in [-0.25, -0.2) is 0 Å². The van der Waals surface area contributed by atoms with Gasteiger partial charge < -0.3 is 14.6 Å². The van der Waals surface area contributed by atoms with Gasteiger partial charge >= 0.3 is 0 Å². The summed E-state index contributed by atoms with van der Waals surface area (Å²) in [6, 6.07) is 4.30. The molecular weight excluding hydrogens is 266 g/mol. The molecule has 0 bridgehead atoms. The molecule has 2 rings (SSSR count). The normalized spacial score (nSPS) is 11.7. The predicted octanol–water partition coefficient (Wildman–Crippen LogP) is 3.15. The third kappa shape index (κ3) is 4.56. The number of ether oxygens (including phenoxy) is 1. The number of hydrogen-bond donors (Lipinski definition) is 1. The number of rotatable bonds is 5. The minimum absolute atomic E-state index is 0.107. The molecule has 0 saturated heterocycles. The molecule has 1 aromatic carbocycles. The van der Waals surface area contributed by atoms with Crippen molar-refractivity contribution in [3.05, 3.63) is 41.0 Å². The van der Waals surface area contributed by atoms with Crippen LogP contribution in [0.5, 0.6) is 5.75 Å². The van der Waals surface area contributed by atoms with Crippen molar-refractivity contribution < 1.29 is 9.26 Å². The first-order valence-electron chi connectivity index (χ1n) is 7.08. The summed E-state index contributed by atoms with van der Waals surface area (Å²) in [4.78, 5) is 3.95. The Balaban J connectivity index is 2.06. The Kier molecular flexibility index (Phi) is 4.63. The Bertz CT molecular complexity index is 563. The molecule has 2 aromatic rings. The lowest BCUT2D eigenvalue weighted by atomic mass is 10.0. The molecule has 0 aliphatic rings. The maximum Gasteiger partial charge on any atom is 0.213 e. The highest BCUT2D eigenvalue weighted by atomic mass is 16.5. The lowest BCUT2D eigenvalue weighted by Crippen LogP contribution is -2.35. The number of nitrogens with one attached hydrogen (secondary N) is 1. The molecule has 0 atom stereocenters. The molecule has 0 fully saturated rings. The van der Waals surface area contributed by atoms with Gasteiger partial charge in [-0.2, -0.15) is 4.98 Å². The summed E-state index contributed by atoms with van der Waals surface area (Å²) in [7, 11) is 0. The van der Waals surface area contributed by atoms with Gasteiger partial charge in [0.2, 0.25) is 12.2 Å². The predicted molar refractivity (Wildman–Crippen MR) is 81.1 cm³/mol. The van der Waals surface area contributed by atoms with Gasteiger partial charge in [-0.3, -0.25) is 0 Å². The molecule has 1 aromatic heterocycles. The molecule has 21 heavy (non-hydrogen) atoms. The van der Waals surface area contributed by atoms with Gasteiger partial charge in [-0.05, 0) is 51.3 Å². The van der Waals surface area contributed by atoms with E-state index in [1.165, 1.54) is 12.0 Å². The molecule has 5 nitrogen and oxygen atoms in total. The van der Waals surface area contributed by atoms with Crippen LogP contribution >= 0.6 is 0 Å². The van der Waals surface area contributed by atoms with Gasteiger partial charge in [-0.15, -0.1) is 0 Å². The Morgan fingerprint density at radius 1 is 1.19 bits per heavy atom. The van der Waals surface area contributed by atoms with Crippen molar-refractivity contribution >= 4 is 0 Å². The molecule has 0 aliphatic heterocycles. The molecule has 1 heterocycles. The van der Waals surface area contributed by atoms with Crippen LogP contribution in [-0.2, 0) is 13.2 Å². The van der Waals surface area contributed by atoms with Crippen LogP contribution in [0.3, 0.4) is 0 Å². The summed E-state index contributed by atoms with van der Waals surface area (Å²) < 4.78 is 10.5. The average Bonchev–Trinajstić information content (AvgIpc) is 2.87. The fourth-order valence-electron chi connectivity index (χ4n) is 2.13. The monoisotopic (exact) mass is 289 g/mol. The van der Waals surface area contributed by atoms with E-state index in [4.69, 9.17) is 9.26 Å². The van der Waals surface area contributed by atoms with Crippen molar-refractivity contribution in [2.45, 2.75) is 53.3 Å². The third-order valence-corrected chi connectivity index (χ3v) is 3.10. The van der Waals surface area contributed by atoms with E-state index in [1.54, 1.807) is 0 Å². The van der Waals surface area contributed by atoms with Crippen LogP contribution in [0.2, 0.25) is 0 Å². The van der Waals surface area contributed by atoms with Gasteiger partial charge in [0.1, 0.15) is 5.75 Å². The molecule has 0 spiro atoms. The Morgan fingerprint density at radius 3 is 2.38 bits per heavy atom. The van der Waals surface area contributed by atoms with Gasteiger partial charge in [-0.1, -0.05) is 17.3 Å². The van der Waals surface area contributed by atoms with Crippen molar-refractivity contribution in [1.82, 2.24) is 15.5 Å². The van der Waals surface area contributed by atoms with E-state index in [9.17, 15) is 0 Å². The molecule has 0 unspecified atom stereocenters. The Labute approximate surface area is 125 Å². The van der Waals surface area contributed by atoms with E-state index >= 15 is 0 Å². The first-order valence-corrected chi connectivity index (χ1v) is 7.08. The summed E-state index contributed by atoms with van der Waals surface area (Å²) in [6.07, 6.45) is 1.31. The topological polar surface area (TPSA) is 60.2 Å². The highest BCUT2D eigenvalue weighted by Gasteiger charge is 2.11. The fourth-order valence-corrected chi connectivity index (χ4v) is 2.13. The maximum absolute atomic E-state index is 5.81. The van der Waals surface area contributed by atoms with E-state index < -0.39 is 0 Å². The zero-order valence-electron chi connectivity index (χ0n) is 13.4. The van der Waals surface area contributed by atoms with E-state index in [0.29, 0.717) is 12.4 Å². The van der Waals surface area contributed by atoms with E-state index in [2.05, 4.69) is 62.2 Å². The smallest absolute Gasteiger partial charge is 0.213 e. The molecule has 114 valence electrons. The summed E-state index contributed by atoms with van der Waals surface area (Å²) in [6.45, 7) is 11.8. The highest BCUT2D eigenvalue weighted by molar-refractivity contribution is 5.43. The second kappa shape index (κ2) is 6.26. The number of benzene rings is 1. The summed E-state index contributed by atoms with van der Waals surface area (Å²) >= 11 is 0. The van der Waals surface area contributed by atoms with Crippen molar-refractivity contribution in [3.8, 4) is 5.75 Å². The molecular formula is C16H23N3O2. The van der Waals surface area contributed by atoms with Crippen molar-refractivity contribution in [3.63, 3.8) is 0 Å². The van der Waals surface area contributed by atoms with Crippen molar-refractivity contribution in [2.75, 3.05) is 0 Å².